The van der Waals surface area contributed by atoms with E-state index in [0.717, 1.165) is 12.8 Å². The van der Waals surface area contributed by atoms with Gasteiger partial charge >= 0.3 is 0 Å². The second-order valence-corrected chi connectivity index (χ2v) is 9.74. The van der Waals surface area contributed by atoms with E-state index in [9.17, 15) is 16.8 Å². The third-order valence-electron chi connectivity index (χ3n) is 4.31. The minimum Gasteiger partial charge on any atom is -0.497 e. The molecule has 0 spiro atoms. The van der Waals surface area contributed by atoms with Crippen LogP contribution in [-0.4, -0.2) is 43.2 Å². The summed E-state index contributed by atoms with van der Waals surface area (Å²) in [6.45, 7) is 0.865. The smallest absolute Gasteiger partial charge is 0.261 e. The van der Waals surface area contributed by atoms with Crippen LogP contribution >= 0.6 is 0 Å². The molecule has 0 saturated carbocycles. The van der Waals surface area contributed by atoms with Gasteiger partial charge in [0.1, 0.15) is 5.75 Å². The van der Waals surface area contributed by atoms with Crippen LogP contribution in [0.3, 0.4) is 0 Å². The standard InChI is InChI=1S/C18H22N2O6S2/c1-25-15-6-10-18(11-7-15)28(23,24)20-14-4-8-17(9-5-14)27(21,22)19-13-16-3-2-12-26-16/h4-11,16,19-20H,2-3,12-13H2,1H3/t16-/m0/s1. The minimum atomic E-state index is -3.80. The molecule has 0 radical (unpaired) electrons. The molecule has 2 aromatic carbocycles. The maximum atomic E-state index is 12.4. The number of sulfonamides is 2. The summed E-state index contributed by atoms with van der Waals surface area (Å²) < 4.78 is 64.9. The van der Waals surface area contributed by atoms with Gasteiger partial charge in [0.25, 0.3) is 10.0 Å². The van der Waals surface area contributed by atoms with E-state index in [-0.39, 0.29) is 28.1 Å². The lowest BCUT2D eigenvalue weighted by atomic mass is 10.2. The second kappa shape index (κ2) is 8.48. The summed E-state index contributed by atoms with van der Waals surface area (Å²) in [5.74, 6) is 0.545. The Labute approximate surface area is 165 Å². The maximum Gasteiger partial charge on any atom is 0.261 e. The predicted octanol–water partition coefficient (Wildman–Crippen LogP) is 1.95. The highest BCUT2D eigenvalue weighted by Crippen LogP contribution is 2.21. The Kier molecular flexibility index (Phi) is 6.23. The van der Waals surface area contributed by atoms with Crippen molar-refractivity contribution >= 4 is 25.7 Å². The highest BCUT2D eigenvalue weighted by Gasteiger charge is 2.20. The van der Waals surface area contributed by atoms with Crippen LogP contribution in [0.5, 0.6) is 5.75 Å². The van der Waals surface area contributed by atoms with Gasteiger partial charge in [-0.1, -0.05) is 0 Å². The third kappa shape index (κ3) is 5.02. The summed E-state index contributed by atoms with van der Waals surface area (Å²) in [7, 11) is -5.99. The minimum absolute atomic E-state index is 0.0536. The molecule has 0 aromatic heterocycles. The molecule has 8 nitrogen and oxygen atoms in total. The number of benzene rings is 2. The van der Waals surface area contributed by atoms with Crippen molar-refractivity contribution < 1.29 is 26.3 Å². The molecule has 1 fully saturated rings. The molecule has 1 atom stereocenters. The van der Waals surface area contributed by atoms with Crippen molar-refractivity contribution in [1.82, 2.24) is 4.72 Å². The Bertz CT molecular complexity index is 997. The van der Waals surface area contributed by atoms with Gasteiger partial charge in [-0.25, -0.2) is 21.6 Å². The fourth-order valence-electron chi connectivity index (χ4n) is 2.76. The predicted molar refractivity (Wildman–Crippen MR) is 104 cm³/mol. The van der Waals surface area contributed by atoms with Gasteiger partial charge in [-0.2, -0.15) is 0 Å². The fourth-order valence-corrected chi connectivity index (χ4v) is 4.89. The van der Waals surface area contributed by atoms with Crippen molar-refractivity contribution in [2.45, 2.75) is 28.7 Å². The van der Waals surface area contributed by atoms with E-state index in [0.29, 0.717) is 12.4 Å². The molecule has 10 heteroatoms. The van der Waals surface area contributed by atoms with Gasteiger partial charge in [-0.3, -0.25) is 4.72 Å². The molecule has 2 N–H and O–H groups in total. The quantitative estimate of drug-likeness (QED) is 0.668. The van der Waals surface area contributed by atoms with Crippen LogP contribution in [0.2, 0.25) is 0 Å². The van der Waals surface area contributed by atoms with Crippen LogP contribution in [-0.2, 0) is 24.8 Å². The Hall–Kier alpha value is -2.14. The zero-order valence-electron chi connectivity index (χ0n) is 15.3. The van der Waals surface area contributed by atoms with Gasteiger partial charge in [-0.15, -0.1) is 0 Å². The number of methoxy groups -OCH3 is 1. The summed E-state index contributed by atoms with van der Waals surface area (Å²) in [6.07, 6.45) is 1.65. The molecule has 0 unspecified atom stereocenters. The van der Waals surface area contributed by atoms with Crippen molar-refractivity contribution in [1.29, 1.82) is 0 Å². The summed E-state index contributed by atoms with van der Waals surface area (Å²) in [6, 6.07) is 11.5. The number of hydrogen-bond acceptors (Lipinski definition) is 6. The Balaban J connectivity index is 1.67. The largest absolute Gasteiger partial charge is 0.497 e. The lowest BCUT2D eigenvalue weighted by Gasteiger charge is -2.12. The van der Waals surface area contributed by atoms with Crippen molar-refractivity contribution in [2.24, 2.45) is 0 Å². The molecule has 2 aromatic rings. The lowest BCUT2D eigenvalue weighted by Crippen LogP contribution is -2.31. The molecule has 0 amide bonds. The molecule has 1 saturated heterocycles. The molecule has 0 aliphatic carbocycles. The van der Waals surface area contributed by atoms with E-state index in [1.54, 1.807) is 12.1 Å². The van der Waals surface area contributed by atoms with Gasteiger partial charge in [0.15, 0.2) is 0 Å². The van der Waals surface area contributed by atoms with E-state index >= 15 is 0 Å². The van der Waals surface area contributed by atoms with Crippen LogP contribution in [0.4, 0.5) is 5.69 Å². The van der Waals surface area contributed by atoms with Crippen molar-refractivity contribution in [2.75, 3.05) is 25.0 Å². The molecule has 1 aliphatic heterocycles. The highest BCUT2D eigenvalue weighted by molar-refractivity contribution is 7.92. The number of rotatable bonds is 8. The molecule has 1 aliphatic rings. The molecule has 1 heterocycles. The van der Waals surface area contributed by atoms with Gasteiger partial charge in [0.05, 0.1) is 23.0 Å². The second-order valence-electron chi connectivity index (χ2n) is 6.29. The molecule has 0 bridgehead atoms. The lowest BCUT2D eigenvalue weighted by molar-refractivity contribution is 0.114. The summed E-state index contributed by atoms with van der Waals surface area (Å²) >= 11 is 0. The van der Waals surface area contributed by atoms with Crippen LogP contribution in [0.25, 0.3) is 0 Å². The SMILES string of the molecule is COc1ccc(S(=O)(=O)Nc2ccc(S(=O)(=O)NC[C@@H]3CCCO3)cc2)cc1. The van der Waals surface area contributed by atoms with Crippen molar-refractivity contribution in [3.63, 3.8) is 0 Å². The number of nitrogens with one attached hydrogen (secondary N) is 2. The average Bonchev–Trinajstić information content (AvgIpc) is 3.20. The Morgan fingerprint density at radius 1 is 0.964 bits per heavy atom. The first-order valence-corrected chi connectivity index (χ1v) is 11.6. The fraction of sp³-hybridized carbons (Fsp3) is 0.333. The zero-order valence-corrected chi connectivity index (χ0v) is 16.9. The van der Waals surface area contributed by atoms with Crippen LogP contribution in [0, 0.1) is 0 Å². The maximum absolute atomic E-state index is 12.4. The summed E-state index contributed by atoms with van der Waals surface area (Å²) in [5, 5.41) is 0. The topological polar surface area (TPSA) is 111 Å². The number of anilines is 1. The first-order chi connectivity index (χ1) is 13.3. The molecule has 152 valence electrons. The molecular weight excluding hydrogens is 404 g/mol. The number of hydrogen-bond donors (Lipinski definition) is 2. The Morgan fingerprint density at radius 2 is 1.57 bits per heavy atom. The molecule has 3 rings (SSSR count). The van der Waals surface area contributed by atoms with Crippen LogP contribution < -0.4 is 14.2 Å². The van der Waals surface area contributed by atoms with E-state index < -0.39 is 20.0 Å². The molecular formula is C18H22N2O6S2. The third-order valence-corrected chi connectivity index (χ3v) is 7.15. The van der Waals surface area contributed by atoms with Crippen molar-refractivity contribution in [3.8, 4) is 5.75 Å². The normalized spacial score (nSPS) is 17.4. The van der Waals surface area contributed by atoms with Gasteiger partial charge < -0.3 is 9.47 Å². The first-order valence-electron chi connectivity index (χ1n) is 8.68. The zero-order chi connectivity index (χ0) is 20.2. The van der Waals surface area contributed by atoms with Gasteiger partial charge in [0.2, 0.25) is 10.0 Å². The summed E-state index contributed by atoms with van der Waals surface area (Å²) in [4.78, 5) is 0.126. The van der Waals surface area contributed by atoms with Crippen LogP contribution in [0.15, 0.2) is 58.3 Å². The van der Waals surface area contributed by atoms with Crippen LogP contribution in [0.1, 0.15) is 12.8 Å². The highest BCUT2D eigenvalue weighted by atomic mass is 32.2. The Morgan fingerprint density at radius 3 is 2.14 bits per heavy atom. The number of ether oxygens (including phenoxy) is 2. The molecule has 28 heavy (non-hydrogen) atoms. The van der Waals surface area contributed by atoms with Gasteiger partial charge in [-0.05, 0) is 61.4 Å². The van der Waals surface area contributed by atoms with Crippen molar-refractivity contribution in [3.05, 3.63) is 48.5 Å². The van der Waals surface area contributed by atoms with Gasteiger partial charge in [0, 0.05) is 18.8 Å². The summed E-state index contributed by atoms with van der Waals surface area (Å²) in [5.41, 5.74) is 0.258. The monoisotopic (exact) mass is 426 g/mol. The van der Waals surface area contributed by atoms with E-state index in [1.165, 1.54) is 43.5 Å². The van der Waals surface area contributed by atoms with E-state index in [1.807, 2.05) is 0 Å². The first kappa shape index (κ1) is 20.6. The average molecular weight is 427 g/mol. The van der Waals surface area contributed by atoms with E-state index in [2.05, 4.69) is 9.44 Å². The van der Waals surface area contributed by atoms with E-state index in [4.69, 9.17) is 9.47 Å².